The smallest absolute Gasteiger partial charge is 0.254 e. The van der Waals surface area contributed by atoms with Gasteiger partial charge in [-0.1, -0.05) is 24.3 Å². The van der Waals surface area contributed by atoms with E-state index >= 15 is 0 Å². The Morgan fingerprint density at radius 1 is 1.10 bits per heavy atom. The summed E-state index contributed by atoms with van der Waals surface area (Å²) in [6.45, 7) is 2.91. The summed E-state index contributed by atoms with van der Waals surface area (Å²) < 4.78 is 1.58. The number of amides is 1. The highest BCUT2D eigenvalue weighted by Crippen LogP contribution is 2.30. The Bertz CT molecular complexity index is 1200. The van der Waals surface area contributed by atoms with E-state index < -0.39 is 0 Å². The van der Waals surface area contributed by atoms with Gasteiger partial charge in [-0.2, -0.15) is 0 Å². The average Bonchev–Trinajstić information content (AvgIpc) is 3.33. The molecule has 7 heteroatoms. The first-order valence-electron chi connectivity index (χ1n) is 10.2. The van der Waals surface area contributed by atoms with Crippen LogP contribution in [0.1, 0.15) is 36.5 Å². The Hall–Kier alpha value is -3.61. The number of tetrazole rings is 1. The fourth-order valence-electron chi connectivity index (χ4n) is 4.20. The molecule has 0 radical (unpaired) electrons. The molecule has 5 rings (SSSR count). The van der Waals surface area contributed by atoms with Crippen LogP contribution in [0, 0.1) is 0 Å². The molecule has 1 amide bonds. The van der Waals surface area contributed by atoms with Crippen LogP contribution in [-0.4, -0.2) is 48.6 Å². The van der Waals surface area contributed by atoms with Crippen molar-refractivity contribution in [2.24, 2.45) is 0 Å². The fourth-order valence-corrected chi connectivity index (χ4v) is 4.20. The minimum absolute atomic E-state index is 0.0478. The van der Waals surface area contributed by atoms with Gasteiger partial charge in [-0.05, 0) is 66.4 Å². The van der Waals surface area contributed by atoms with Crippen LogP contribution in [0.2, 0.25) is 0 Å². The van der Waals surface area contributed by atoms with Crippen LogP contribution in [0.5, 0.6) is 0 Å². The van der Waals surface area contributed by atoms with E-state index in [1.165, 1.54) is 12.7 Å². The second kappa shape index (κ2) is 7.67. The van der Waals surface area contributed by atoms with Crippen LogP contribution in [0.25, 0.3) is 27.7 Å². The van der Waals surface area contributed by atoms with E-state index in [2.05, 4.69) is 27.4 Å². The van der Waals surface area contributed by atoms with Gasteiger partial charge in [0.25, 0.3) is 5.91 Å². The second-order valence-electron chi connectivity index (χ2n) is 7.75. The SMILES string of the molecule is CC1CCCCN1C(=O)c1cc(-c2cccc3cccnc23)cc(-n2cnnn2)c1. The van der Waals surface area contributed by atoms with E-state index in [0.717, 1.165) is 47.1 Å². The number of nitrogens with zero attached hydrogens (tertiary/aromatic N) is 6. The molecule has 0 N–H and O–H groups in total. The van der Waals surface area contributed by atoms with Crippen molar-refractivity contribution < 1.29 is 4.79 Å². The molecule has 1 aliphatic rings. The molecule has 2 aromatic carbocycles. The third kappa shape index (κ3) is 3.32. The van der Waals surface area contributed by atoms with Crippen LogP contribution in [0.3, 0.4) is 0 Å². The molecule has 1 aliphatic heterocycles. The first-order chi connectivity index (χ1) is 14.7. The lowest BCUT2D eigenvalue weighted by atomic mass is 9.97. The zero-order valence-electron chi connectivity index (χ0n) is 16.8. The number of carbonyl (C=O) groups excluding carboxylic acids is 1. The maximum atomic E-state index is 13.4. The molecule has 150 valence electrons. The summed E-state index contributed by atoms with van der Waals surface area (Å²) in [5.41, 5.74) is 4.18. The van der Waals surface area contributed by atoms with E-state index in [4.69, 9.17) is 0 Å². The average molecular weight is 398 g/mol. The number of hydrogen-bond acceptors (Lipinski definition) is 5. The number of likely N-dealkylation sites (tertiary alicyclic amines) is 1. The van der Waals surface area contributed by atoms with Gasteiger partial charge >= 0.3 is 0 Å². The molecular formula is C23H22N6O. The molecule has 7 nitrogen and oxygen atoms in total. The highest BCUT2D eigenvalue weighted by molar-refractivity contribution is 5.99. The first kappa shape index (κ1) is 18.4. The zero-order chi connectivity index (χ0) is 20.5. The Kier molecular flexibility index (Phi) is 4.71. The van der Waals surface area contributed by atoms with Crippen molar-refractivity contribution in [1.29, 1.82) is 0 Å². The quantitative estimate of drug-likeness (QED) is 0.523. The van der Waals surface area contributed by atoms with E-state index in [9.17, 15) is 4.79 Å². The summed E-state index contributed by atoms with van der Waals surface area (Å²) in [5, 5.41) is 12.6. The minimum atomic E-state index is 0.0478. The molecule has 3 heterocycles. The number of piperidine rings is 1. The molecule has 0 aliphatic carbocycles. The van der Waals surface area contributed by atoms with Gasteiger partial charge in [-0.25, -0.2) is 4.68 Å². The van der Waals surface area contributed by atoms with Crippen molar-refractivity contribution >= 4 is 16.8 Å². The number of fused-ring (bicyclic) bond motifs is 1. The maximum Gasteiger partial charge on any atom is 0.254 e. The third-order valence-electron chi connectivity index (χ3n) is 5.79. The van der Waals surface area contributed by atoms with Gasteiger partial charge in [0.05, 0.1) is 11.2 Å². The van der Waals surface area contributed by atoms with E-state index in [0.29, 0.717) is 5.56 Å². The zero-order valence-corrected chi connectivity index (χ0v) is 16.8. The van der Waals surface area contributed by atoms with E-state index in [1.807, 2.05) is 53.4 Å². The number of aromatic nitrogens is 5. The lowest BCUT2D eigenvalue weighted by Crippen LogP contribution is -2.42. The summed E-state index contributed by atoms with van der Waals surface area (Å²) in [7, 11) is 0. The van der Waals surface area contributed by atoms with Crippen LogP contribution in [-0.2, 0) is 0 Å². The van der Waals surface area contributed by atoms with E-state index in [-0.39, 0.29) is 11.9 Å². The molecule has 1 saturated heterocycles. The number of para-hydroxylation sites is 1. The van der Waals surface area contributed by atoms with Crippen molar-refractivity contribution in [2.75, 3.05) is 6.54 Å². The van der Waals surface area contributed by atoms with Gasteiger partial charge in [0.2, 0.25) is 0 Å². The van der Waals surface area contributed by atoms with Crippen LogP contribution in [0.15, 0.2) is 61.1 Å². The maximum absolute atomic E-state index is 13.4. The molecular weight excluding hydrogens is 376 g/mol. The molecule has 0 bridgehead atoms. The number of pyridine rings is 1. The predicted molar refractivity (Wildman–Crippen MR) is 114 cm³/mol. The molecule has 2 aromatic heterocycles. The lowest BCUT2D eigenvalue weighted by Gasteiger charge is -2.33. The van der Waals surface area contributed by atoms with Gasteiger partial charge in [-0.3, -0.25) is 9.78 Å². The van der Waals surface area contributed by atoms with Crippen molar-refractivity contribution in [1.82, 2.24) is 30.1 Å². The normalized spacial score (nSPS) is 16.7. The Morgan fingerprint density at radius 3 is 2.83 bits per heavy atom. The standard InChI is InChI=1S/C23H22N6O/c1-16-6-2-3-11-28(16)23(30)19-12-18(13-20(14-19)29-15-25-26-27-29)21-9-4-7-17-8-5-10-24-22(17)21/h4-5,7-10,12-16H,2-3,6,11H2,1H3. The number of carbonyl (C=O) groups is 1. The van der Waals surface area contributed by atoms with Crippen molar-refractivity contribution in [3.63, 3.8) is 0 Å². The third-order valence-corrected chi connectivity index (χ3v) is 5.79. The van der Waals surface area contributed by atoms with Gasteiger partial charge in [0.15, 0.2) is 0 Å². The molecule has 0 saturated carbocycles. The fraction of sp³-hybridized carbons (Fsp3) is 0.261. The number of hydrogen-bond donors (Lipinski definition) is 0. The second-order valence-corrected chi connectivity index (χ2v) is 7.75. The first-order valence-corrected chi connectivity index (χ1v) is 10.2. The van der Waals surface area contributed by atoms with Crippen molar-refractivity contribution in [2.45, 2.75) is 32.2 Å². The number of rotatable bonds is 3. The molecule has 4 aromatic rings. The van der Waals surface area contributed by atoms with Crippen LogP contribution < -0.4 is 0 Å². The molecule has 30 heavy (non-hydrogen) atoms. The van der Waals surface area contributed by atoms with Crippen LogP contribution >= 0.6 is 0 Å². The van der Waals surface area contributed by atoms with E-state index in [1.54, 1.807) is 10.9 Å². The summed E-state index contributed by atoms with van der Waals surface area (Å²) in [5.74, 6) is 0.0478. The predicted octanol–water partition coefficient (Wildman–Crippen LogP) is 3.89. The van der Waals surface area contributed by atoms with Gasteiger partial charge in [0, 0.05) is 35.3 Å². The summed E-state index contributed by atoms with van der Waals surface area (Å²) in [6.07, 6.45) is 6.58. The highest BCUT2D eigenvalue weighted by Gasteiger charge is 2.25. The van der Waals surface area contributed by atoms with Gasteiger partial charge in [-0.15, -0.1) is 5.10 Å². The largest absolute Gasteiger partial charge is 0.336 e. The summed E-state index contributed by atoms with van der Waals surface area (Å²) >= 11 is 0. The Balaban J connectivity index is 1.67. The van der Waals surface area contributed by atoms with Crippen molar-refractivity contribution in [3.8, 4) is 16.8 Å². The Morgan fingerprint density at radius 2 is 2.00 bits per heavy atom. The van der Waals surface area contributed by atoms with Gasteiger partial charge in [0.1, 0.15) is 6.33 Å². The van der Waals surface area contributed by atoms with Gasteiger partial charge < -0.3 is 4.90 Å². The molecule has 1 unspecified atom stereocenters. The topological polar surface area (TPSA) is 76.8 Å². The molecule has 1 atom stereocenters. The Labute approximate surface area is 174 Å². The van der Waals surface area contributed by atoms with Crippen LogP contribution in [0.4, 0.5) is 0 Å². The minimum Gasteiger partial charge on any atom is -0.336 e. The molecule has 0 spiro atoms. The number of benzene rings is 2. The lowest BCUT2D eigenvalue weighted by molar-refractivity contribution is 0.0635. The highest BCUT2D eigenvalue weighted by atomic mass is 16.2. The molecule has 1 fully saturated rings. The summed E-state index contributed by atoms with van der Waals surface area (Å²) in [4.78, 5) is 20.0. The van der Waals surface area contributed by atoms with Crippen molar-refractivity contribution in [3.05, 3.63) is 66.6 Å². The monoisotopic (exact) mass is 398 g/mol. The summed E-state index contributed by atoms with van der Waals surface area (Å²) in [6, 6.07) is 16.1.